The van der Waals surface area contributed by atoms with E-state index in [1.165, 1.54) is 38.8 Å². The van der Waals surface area contributed by atoms with Crippen molar-refractivity contribution in [3.8, 4) is 11.1 Å². The Kier molecular flexibility index (Phi) is 11.0. The smallest absolute Gasteiger partial charge is 0.200 e. The van der Waals surface area contributed by atoms with Crippen LogP contribution < -0.4 is 5.32 Å². The summed E-state index contributed by atoms with van der Waals surface area (Å²) < 4.78 is 105. The fourth-order valence-electron chi connectivity index (χ4n) is 2.81. The van der Waals surface area contributed by atoms with Crippen LogP contribution in [0.25, 0.3) is 11.1 Å². The minimum atomic E-state index is -2.44. The van der Waals surface area contributed by atoms with E-state index in [0.29, 0.717) is 12.1 Å². The van der Waals surface area contributed by atoms with E-state index in [0.717, 1.165) is 5.92 Å². The highest BCUT2D eigenvalue weighted by molar-refractivity contribution is 5.66. The summed E-state index contributed by atoms with van der Waals surface area (Å²) in [5, 5.41) is 3.47. The summed E-state index contributed by atoms with van der Waals surface area (Å²) in [7, 11) is 0. The molecule has 0 aliphatic rings. The average molecular weight is 455 g/mol. The predicted octanol–water partition coefficient (Wildman–Crippen LogP) is 7.28. The summed E-state index contributed by atoms with van der Waals surface area (Å²) >= 11 is 0. The zero-order valence-corrected chi connectivity index (χ0v) is 17.5. The highest BCUT2D eigenvalue weighted by Crippen LogP contribution is 2.34. The molecule has 0 aliphatic carbocycles. The van der Waals surface area contributed by atoms with Crippen molar-refractivity contribution < 1.29 is 35.1 Å². The van der Waals surface area contributed by atoms with Crippen LogP contribution in [0.1, 0.15) is 46.5 Å². The molecule has 1 atom stereocenters. The lowest BCUT2D eigenvalue weighted by atomic mass is 10.0. The lowest BCUT2D eigenvalue weighted by Crippen LogP contribution is -2.21. The number of unbranched alkanes of at least 4 members (excludes halogenated alkanes) is 1. The maximum Gasteiger partial charge on any atom is 0.200 e. The minimum Gasteiger partial charge on any atom is -0.316 e. The van der Waals surface area contributed by atoms with Gasteiger partial charge in [-0.15, -0.1) is 0 Å². The first-order chi connectivity index (χ1) is 14.6. The van der Waals surface area contributed by atoms with Gasteiger partial charge in [0.25, 0.3) is 0 Å². The first kappa shape index (κ1) is 26.9. The summed E-state index contributed by atoms with van der Waals surface area (Å²) in [6.45, 7) is 9.21. The van der Waals surface area contributed by atoms with Crippen molar-refractivity contribution in [2.75, 3.05) is 13.1 Å². The minimum absolute atomic E-state index is 0.297. The van der Waals surface area contributed by atoms with Crippen molar-refractivity contribution >= 4 is 0 Å². The monoisotopic (exact) mass is 455 g/mol. The van der Waals surface area contributed by atoms with Gasteiger partial charge in [-0.2, -0.15) is 0 Å². The van der Waals surface area contributed by atoms with Crippen molar-refractivity contribution in [3.05, 3.63) is 58.7 Å². The Bertz CT molecular complexity index is 840. The molecule has 2 aromatic rings. The van der Waals surface area contributed by atoms with Crippen LogP contribution in [0.5, 0.6) is 0 Å². The molecule has 0 aromatic heterocycles. The van der Waals surface area contributed by atoms with E-state index in [-0.39, 0.29) is 0 Å². The molecule has 1 nitrogen and oxygen atoms in total. The van der Waals surface area contributed by atoms with E-state index in [2.05, 4.69) is 26.1 Å². The lowest BCUT2D eigenvalue weighted by Gasteiger charge is -2.10. The first-order valence-electron chi connectivity index (χ1n) is 9.94. The molecule has 31 heavy (non-hydrogen) atoms. The van der Waals surface area contributed by atoms with Gasteiger partial charge in [0, 0.05) is 5.56 Å². The molecule has 0 saturated heterocycles. The SMILES string of the molecule is CCCCNCC(C)CCC.Fc1ccc(-c2c(F)c(F)c(F)c(F)c2F)c(F)c1F. The lowest BCUT2D eigenvalue weighted by molar-refractivity contribution is 0.380. The molecule has 2 rings (SSSR count). The number of benzene rings is 2. The van der Waals surface area contributed by atoms with Crippen LogP contribution in [-0.2, 0) is 0 Å². The molecule has 0 saturated carbocycles. The van der Waals surface area contributed by atoms with Crippen molar-refractivity contribution in [1.82, 2.24) is 5.32 Å². The van der Waals surface area contributed by atoms with E-state index < -0.39 is 57.7 Å². The third-order valence-electron chi connectivity index (χ3n) is 4.50. The quantitative estimate of drug-likeness (QED) is 0.191. The Morgan fingerprint density at radius 3 is 1.77 bits per heavy atom. The van der Waals surface area contributed by atoms with Crippen molar-refractivity contribution in [2.24, 2.45) is 5.92 Å². The van der Waals surface area contributed by atoms with Crippen LogP contribution in [-0.4, -0.2) is 13.1 Å². The summed E-state index contributed by atoms with van der Waals surface area (Å²) in [6, 6.07) is 0.665. The Morgan fingerprint density at radius 2 is 1.26 bits per heavy atom. The van der Waals surface area contributed by atoms with Gasteiger partial charge in [0.2, 0.25) is 5.82 Å². The molecule has 0 amide bonds. The topological polar surface area (TPSA) is 12.0 Å². The van der Waals surface area contributed by atoms with Gasteiger partial charge >= 0.3 is 0 Å². The third kappa shape index (κ3) is 6.92. The van der Waals surface area contributed by atoms with Gasteiger partial charge in [-0.05, 0) is 44.0 Å². The van der Waals surface area contributed by atoms with Gasteiger partial charge in [-0.1, -0.05) is 33.6 Å². The zero-order chi connectivity index (χ0) is 23.7. The largest absolute Gasteiger partial charge is 0.316 e. The standard InChI is InChI=1S/C12H2F8.C10H23N/c13-4-2-1-3(6(14)7(4)15)5-8(16)10(18)12(20)11(19)9(5)17;1-4-6-8-11-9-10(3)7-5-2/h1-2H;10-11H,4-9H2,1-3H3. The molecule has 0 aliphatic heterocycles. The molecule has 2 aromatic carbocycles. The van der Waals surface area contributed by atoms with Gasteiger partial charge in [0.1, 0.15) is 0 Å². The van der Waals surface area contributed by atoms with Gasteiger partial charge < -0.3 is 5.32 Å². The highest BCUT2D eigenvalue weighted by atomic mass is 19.2. The number of halogens is 8. The Morgan fingerprint density at radius 1 is 0.710 bits per heavy atom. The van der Waals surface area contributed by atoms with E-state index in [9.17, 15) is 35.1 Å². The van der Waals surface area contributed by atoms with Crippen molar-refractivity contribution in [1.29, 1.82) is 0 Å². The van der Waals surface area contributed by atoms with Gasteiger partial charge in [-0.3, -0.25) is 0 Å². The number of hydrogen-bond acceptors (Lipinski definition) is 1. The molecule has 0 heterocycles. The van der Waals surface area contributed by atoms with E-state index in [1.54, 1.807) is 0 Å². The molecular weight excluding hydrogens is 430 g/mol. The fraction of sp³-hybridized carbons (Fsp3) is 0.455. The molecule has 0 radical (unpaired) electrons. The second-order valence-corrected chi connectivity index (χ2v) is 7.12. The van der Waals surface area contributed by atoms with Crippen molar-refractivity contribution in [3.63, 3.8) is 0 Å². The fourth-order valence-corrected chi connectivity index (χ4v) is 2.81. The molecule has 0 bridgehead atoms. The molecule has 9 heteroatoms. The zero-order valence-electron chi connectivity index (χ0n) is 17.5. The van der Waals surface area contributed by atoms with E-state index >= 15 is 0 Å². The highest BCUT2D eigenvalue weighted by Gasteiger charge is 2.29. The van der Waals surface area contributed by atoms with Crippen molar-refractivity contribution in [2.45, 2.75) is 46.5 Å². The second kappa shape index (κ2) is 12.6. The summed E-state index contributed by atoms with van der Waals surface area (Å²) in [6.07, 6.45) is 5.30. The summed E-state index contributed by atoms with van der Waals surface area (Å²) in [4.78, 5) is 0. The molecular formula is C22H25F8N. The molecule has 0 fully saturated rings. The molecule has 174 valence electrons. The normalized spacial score (nSPS) is 11.8. The average Bonchev–Trinajstić information content (AvgIpc) is 2.74. The maximum atomic E-state index is 13.4. The van der Waals surface area contributed by atoms with Gasteiger partial charge in [0.15, 0.2) is 40.7 Å². The first-order valence-corrected chi connectivity index (χ1v) is 9.94. The van der Waals surface area contributed by atoms with E-state index in [4.69, 9.17) is 0 Å². The van der Waals surface area contributed by atoms with Crippen LogP contribution in [0.3, 0.4) is 0 Å². The second-order valence-electron chi connectivity index (χ2n) is 7.12. The molecule has 1 unspecified atom stereocenters. The molecule has 0 spiro atoms. The van der Waals surface area contributed by atoms with Crippen LogP contribution in [0.15, 0.2) is 12.1 Å². The molecule has 1 N–H and O–H groups in total. The number of rotatable bonds is 8. The summed E-state index contributed by atoms with van der Waals surface area (Å²) in [5.74, 6) is -16.7. The predicted molar refractivity (Wildman–Crippen MR) is 103 cm³/mol. The van der Waals surface area contributed by atoms with Crippen LogP contribution in [0.4, 0.5) is 35.1 Å². The number of nitrogens with one attached hydrogen (secondary N) is 1. The summed E-state index contributed by atoms with van der Waals surface area (Å²) in [5.41, 5.74) is -2.95. The van der Waals surface area contributed by atoms with Crippen LogP contribution in [0, 0.1) is 52.5 Å². The number of hydrogen-bond donors (Lipinski definition) is 1. The van der Waals surface area contributed by atoms with E-state index in [1.807, 2.05) is 0 Å². The van der Waals surface area contributed by atoms with Gasteiger partial charge in [-0.25, -0.2) is 35.1 Å². The Labute approximate surface area is 176 Å². The Balaban J connectivity index is 0.000000373. The Hall–Kier alpha value is -2.16. The maximum absolute atomic E-state index is 13.4. The van der Waals surface area contributed by atoms with Gasteiger partial charge in [0.05, 0.1) is 5.56 Å². The van der Waals surface area contributed by atoms with Crippen LogP contribution in [0.2, 0.25) is 0 Å². The third-order valence-corrected chi connectivity index (χ3v) is 4.50. The van der Waals surface area contributed by atoms with Crippen LogP contribution >= 0.6 is 0 Å².